The SMILES string of the molecule is CCOc1cc(Cl)c(/C=C2\SC(=S)N(CC)C2=O)cc1OCC. The molecule has 7 heteroatoms. The summed E-state index contributed by atoms with van der Waals surface area (Å²) in [7, 11) is 0. The van der Waals surface area contributed by atoms with Crippen LogP contribution < -0.4 is 9.47 Å². The first-order valence-corrected chi connectivity index (χ1v) is 8.96. The molecule has 1 heterocycles. The van der Waals surface area contributed by atoms with Crippen molar-refractivity contribution in [2.24, 2.45) is 0 Å². The molecule has 1 aliphatic heterocycles. The zero-order chi connectivity index (χ0) is 17.0. The molecule has 0 spiro atoms. The highest BCUT2D eigenvalue weighted by Gasteiger charge is 2.30. The van der Waals surface area contributed by atoms with E-state index < -0.39 is 0 Å². The van der Waals surface area contributed by atoms with E-state index in [9.17, 15) is 4.79 Å². The maximum absolute atomic E-state index is 12.3. The Morgan fingerprint density at radius 2 is 1.83 bits per heavy atom. The van der Waals surface area contributed by atoms with Crippen molar-refractivity contribution in [1.82, 2.24) is 4.90 Å². The Kier molecular flexibility index (Phi) is 6.33. The third kappa shape index (κ3) is 4.00. The molecule has 0 aliphatic carbocycles. The number of hydrogen-bond acceptors (Lipinski definition) is 5. The fraction of sp³-hybridized carbons (Fsp3) is 0.375. The van der Waals surface area contributed by atoms with Gasteiger partial charge in [0.25, 0.3) is 5.91 Å². The minimum absolute atomic E-state index is 0.0922. The van der Waals surface area contributed by atoms with Crippen molar-refractivity contribution in [1.29, 1.82) is 0 Å². The summed E-state index contributed by atoms with van der Waals surface area (Å²) >= 11 is 12.8. The highest BCUT2D eigenvalue weighted by Crippen LogP contribution is 2.38. The zero-order valence-corrected chi connectivity index (χ0v) is 15.6. The number of nitrogens with zero attached hydrogens (tertiary/aromatic N) is 1. The van der Waals surface area contributed by atoms with Crippen LogP contribution in [0.4, 0.5) is 0 Å². The van der Waals surface area contributed by atoms with E-state index in [-0.39, 0.29) is 5.91 Å². The van der Waals surface area contributed by atoms with Gasteiger partial charge in [-0.2, -0.15) is 0 Å². The minimum Gasteiger partial charge on any atom is -0.490 e. The molecule has 1 amide bonds. The Labute approximate surface area is 150 Å². The Hall–Kier alpha value is -1.24. The van der Waals surface area contributed by atoms with Crippen LogP contribution >= 0.6 is 35.6 Å². The summed E-state index contributed by atoms with van der Waals surface area (Å²) in [6.07, 6.45) is 1.75. The highest BCUT2D eigenvalue weighted by atomic mass is 35.5. The van der Waals surface area contributed by atoms with Crippen molar-refractivity contribution in [3.05, 3.63) is 27.6 Å². The maximum atomic E-state index is 12.3. The number of carbonyl (C=O) groups excluding carboxylic acids is 1. The lowest BCUT2D eigenvalue weighted by molar-refractivity contribution is -0.121. The number of amides is 1. The fourth-order valence-electron chi connectivity index (χ4n) is 2.11. The molecule has 2 rings (SSSR count). The largest absolute Gasteiger partial charge is 0.490 e. The van der Waals surface area contributed by atoms with Crippen LogP contribution in [-0.2, 0) is 4.79 Å². The molecule has 1 aromatic rings. The molecule has 0 atom stereocenters. The number of thiocarbonyl (C=S) groups is 1. The molecule has 1 saturated heterocycles. The van der Waals surface area contributed by atoms with Crippen LogP contribution in [0.2, 0.25) is 5.02 Å². The Morgan fingerprint density at radius 3 is 2.35 bits per heavy atom. The van der Waals surface area contributed by atoms with Crippen molar-refractivity contribution in [2.45, 2.75) is 20.8 Å². The lowest BCUT2D eigenvalue weighted by Crippen LogP contribution is -2.27. The summed E-state index contributed by atoms with van der Waals surface area (Å²) in [5.74, 6) is 1.11. The van der Waals surface area contributed by atoms with E-state index in [4.69, 9.17) is 33.3 Å². The molecule has 0 radical (unpaired) electrons. The zero-order valence-electron chi connectivity index (χ0n) is 13.2. The first-order chi connectivity index (χ1) is 11.0. The van der Waals surface area contributed by atoms with Gasteiger partial charge in [0, 0.05) is 12.6 Å². The van der Waals surface area contributed by atoms with E-state index in [1.54, 1.807) is 23.1 Å². The minimum atomic E-state index is -0.0922. The molecule has 124 valence electrons. The van der Waals surface area contributed by atoms with Crippen LogP contribution in [0.5, 0.6) is 11.5 Å². The Bertz CT molecular complexity index is 661. The molecule has 1 fully saturated rings. The fourth-order valence-corrected chi connectivity index (χ4v) is 3.70. The van der Waals surface area contributed by atoms with Crippen LogP contribution in [0.1, 0.15) is 26.3 Å². The molecular formula is C16H18ClNO3S2. The van der Waals surface area contributed by atoms with Crippen molar-refractivity contribution >= 4 is 51.9 Å². The van der Waals surface area contributed by atoms with Gasteiger partial charge in [-0.1, -0.05) is 35.6 Å². The van der Waals surface area contributed by atoms with Crippen molar-refractivity contribution in [3.8, 4) is 11.5 Å². The quantitative estimate of drug-likeness (QED) is 0.548. The summed E-state index contributed by atoms with van der Waals surface area (Å²) < 4.78 is 11.7. The van der Waals surface area contributed by atoms with Gasteiger partial charge in [-0.3, -0.25) is 9.69 Å². The number of rotatable bonds is 6. The summed E-state index contributed by atoms with van der Waals surface area (Å²) in [5.41, 5.74) is 0.704. The third-order valence-electron chi connectivity index (χ3n) is 3.14. The predicted octanol–water partition coefficient (Wildman–Crippen LogP) is 4.36. The van der Waals surface area contributed by atoms with E-state index in [0.717, 1.165) is 0 Å². The molecule has 0 bridgehead atoms. The van der Waals surface area contributed by atoms with Gasteiger partial charge in [-0.25, -0.2) is 0 Å². The third-order valence-corrected chi connectivity index (χ3v) is 4.84. The van der Waals surface area contributed by atoms with E-state index in [2.05, 4.69) is 0 Å². The highest BCUT2D eigenvalue weighted by molar-refractivity contribution is 8.26. The summed E-state index contributed by atoms with van der Waals surface area (Å²) in [6, 6.07) is 3.50. The second-order valence-electron chi connectivity index (χ2n) is 4.61. The summed E-state index contributed by atoms with van der Waals surface area (Å²) in [4.78, 5) is 14.4. The molecule has 1 aliphatic rings. The number of ether oxygens (including phenoxy) is 2. The number of thioether (sulfide) groups is 1. The Balaban J connectivity index is 2.40. The average Bonchev–Trinajstić information content (AvgIpc) is 2.78. The van der Waals surface area contributed by atoms with E-state index in [0.29, 0.717) is 51.1 Å². The molecule has 0 N–H and O–H groups in total. The van der Waals surface area contributed by atoms with Crippen LogP contribution in [0.15, 0.2) is 17.0 Å². The smallest absolute Gasteiger partial charge is 0.266 e. The first kappa shape index (κ1) is 18.1. The normalized spacial score (nSPS) is 16.3. The lowest BCUT2D eigenvalue weighted by atomic mass is 10.1. The Morgan fingerprint density at radius 1 is 1.22 bits per heavy atom. The van der Waals surface area contributed by atoms with Gasteiger partial charge in [0.2, 0.25) is 0 Å². The second-order valence-corrected chi connectivity index (χ2v) is 6.70. The van der Waals surface area contributed by atoms with Gasteiger partial charge in [0.05, 0.1) is 23.1 Å². The van der Waals surface area contributed by atoms with Gasteiger partial charge in [0.1, 0.15) is 4.32 Å². The monoisotopic (exact) mass is 371 g/mol. The van der Waals surface area contributed by atoms with Gasteiger partial charge in [0.15, 0.2) is 11.5 Å². The van der Waals surface area contributed by atoms with Crippen LogP contribution in [0, 0.1) is 0 Å². The van der Waals surface area contributed by atoms with Gasteiger partial charge in [-0.15, -0.1) is 0 Å². The summed E-state index contributed by atoms with van der Waals surface area (Å²) in [5, 5.41) is 0.499. The van der Waals surface area contributed by atoms with Gasteiger partial charge >= 0.3 is 0 Å². The first-order valence-electron chi connectivity index (χ1n) is 7.36. The number of carbonyl (C=O) groups is 1. The van der Waals surface area contributed by atoms with Gasteiger partial charge in [-0.05, 0) is 38.5 Å². The number of benzene rings is 1. The standard InChI is InChI=1S/C16H18ClNO3S2/c1-4-18-15(19)14(23-16(18)22)8-10-7-12(20-5-2)13(21-6-3)9-11(10)17/h7-9H,4-6H2,1-3H3/b14-8-. The van der Waals surface area contributed by atoms with Crippen LogP contribution in [0.3, 0.4) is 0 Å². The maximum Gasteiger partial charge on any atom is 0.266 e. The molecular weight excluding hydrogens is 354 g/mol. The molecule has 23 heavy (non-hydrogen) atoms. The lowest BCUT2D eigenvalue weighted by Gasteiger charge is -2.13. The van der Waals surface area contributed by atoms with E-state index >= 15 is 0 Å². The van der Waals surface area contributed by atoms with Crippen LogP contribution in [0.25, 0.3) is 6.08 Å². The van der Waals surface area contributed by atoms with Crippen molar-refractivity contribution in [2.75, 3.05) is 19.8 Å². The summed E-state index contributed by atoms with van der Waals surface area (Å²) in [6.45, 7) is 7.28. The molecule has 4 nitrogen and oxygen atoms in total. The van der Waals surface area contributed by atoms with E-state index in [1.807, 2.05) is 20.8 Å². The number of likely N-dealkylation sites (N-methyl/N-ethyl adjacent to an activating group) is 1. The molecule has 0 saturated carbocycles. The van der Waals surface area contributed by atoms with Crippen molar-refractivity contribution in [3.63, 3.8) is 0 Å². The number of hydrogen-bond donors (Lipinski definition) is 0. The molecule has 0 unspecified atom stereocenters. The average molecular weight is 372 g/mol. The molecule has 0 aromatic heterocycles. The molecule has 1 aromatic carbocycles. The topological polar surface area (TPSA) is 38.8 Å². The van der Waals surface area contributed by atoms with Crippen molar-refractivity contribution < 1.29 is 14.3 Å². The van der Waals surface area contributed by atoms with Gasteiger partial charge < -0.3 is 9.47 Å². The van der Waals surface area contributed by atoms with E-state index in [1.165, 1.54) is 11.8 Å². The predicted molar refractivity (Wildman–Crippen MR) is 99.3 cm³/mol. The number of halogens is 1. The second kappa shape index (κ2) is 8.04. The van der Waals surface area contributed by atoms with Crippen LogP contribution in [-0.4, -0.2) is 34.9 Å².